The molecule has 1 saturated heterocycles. The monoisotopic (exact) mass is 503 g/mol. The molecule has 0 bridgehead atoms. The normalized spacial score (nSPS) is 15.2. The number of nitrogens with zero attached hydrogens (tertiary/aromatic N) is 2. The lowest BCUT2D eigenvalue weighted by atomic mass is 10.1. The number of anilines is 2. The van der Waals surface area contributed by atoms with Gasteiger partial charge in [0.2, 0.25) is 0 Å². The highest BCUT2D eigenvalue weighted by molar-refractivity contribution is 14.1. The molecule has 0 aromatic heterocycles. The van der Waals surface area contributed by atoms with Crippen molar-refractivity contribution in [1.29, 1.82) is 0 Å². The molecule has 0 aliphatic carbocycles. The molecule has 1 N–H and O–H groups in total. The third-order valence-corrected chi connectivity index (χ3v) is 6.56. The zero-order valence-corrected chi connectivity index (χ0v) is 18.3. The maximum Gasteiger partial charge on any atom is 0.256 e. The summed E-state index contributed by atoms with van der Waals surface area (Å²) in [6.07, 6.45) is 0. The van der Waals surface area contributed by atoms with E-state index in [1.54, 1.807) is 12.1 Å². The molecule has 26 heavy (non-hydrogen) atoms. The van der Waals surface area contributed by atoms with E-state index in [-0.39, 0.29) is 5.91 Å². The smallest absolute Gasteiger partial charge is 0.256 e. The van der Waals surface area contributed by atoms with Gasteiger partial charge >= 0.3 is 0 Å². The lowest BCUT2D eigenvalue weighted by Crippen LogP contribution is -2.44. The molecular weight excluding hydrogens is 484 g/mol. The number of benzene rings is 2. The van der Waals surface area contributed by atoms with Crippen molar-refractivity contribution in [2.75, 3.05) is 43.4 Å². The second-order valence-electron chi connectivity index (χ2n) is 6.49. The van der Waals surface area contributed by atoms with Crippen molar-refractivity contribution in [3.63, 3.8) is 0 Å². The van der Waals surface area contributed by atoms with Crippen LogP contribution in [0.4, 0.5) is 11.4 Å². The Morgan fingerprint density at radius 3 is 2.46 bits per heavy atom. The summed E-state index contributed by atoms with van der Waals surface area (Å²) in [5.74, 6) is -0.214. The third-order valence-electron chi connectivity index (χ3n) is 4.56. The van der Waals surface area contributed by atoms with Crippen molar-refractivity contribution in [2.45, 2.75) is 6.92 Å². The van der Waals surface area contributed by atoms with Crippen LogP contribution >= 0.6 is 45.8 Å². The number of amides is 1. The van der Waals surface area contributed by atoms with Crippen LogP contribution in [0.25, 0.3) is 0 Å². The minimum Gasteiger partial charge on any atom is -0.369 e. The zero-order valence-electron chi connectivity index (χ0n) is 14.7. The van der Waals surface area contributed by atoms with E-state index in [1.165, 1.54) is 5.69 Å². The molecule has 1 aliphatic rings. The van der Waals surface area contributed by atoms with E-state index in [4.69, 9.17) is 23.2 Å². The van der Waals surface area contributed by atoms with E-state index in [1.807, 2.05) is 13.0 Å². The summed E-state index contributed by atoms with van der Waals surface area (Å²) in [5, 5.41) is 3.90. The fourth-order valence-electron chi connectivity index (χ4n) is 2.96. The Kier molecular flexibility index (Phi) is 6.33. The highest BCUT2D eigenvalue weighted by Gasteiger charge is 2.17. The molecule has 0 atom stereocenters. The first kappa shape index (κ1) is 19.7. The lowest BCUT2D eigenvalue weighted by Gasteiger charge is -2.34. The Balaban J connectivity index is 1.77. The number of aryl methyl sites for hydroxylation is 1. The molecule has 0 spiro atoms. The maximum absolute atomic E-state index is 12.7. The number of nitrogens with one attached hydrogen (secondary N) is 1. The van der Waals surface area contributed by atoms with Gasteiger partial charge in [0.15, 0.2) is 0 Å². The topological polar surface area (TPSA) is 35.6 Å². The van der Waals surface area contributed by atoms with Gasteiger partial charge in [0, 0.05) is 46.1 Å². The molecule has 3 rings (SSSR count). The molecule has 1 aliphatic heterocycles. The van der Waals surface area contributed by atoms with Crippen molar-refractivity contribution in [1.82, 2.24) is 4.90 Å². The second kappa shape index (κ2) is 8.33. The summed E-state index contributed by atoms with van der Waals surface area (Å²) in [6.45, 7) is 6.16. The van der Waals surface area contributed by atoms with Gasteiger partial charge in [0.25, 0.3) is 5.91 Å². The van der Waals surface area contributed by atoms with Gasteiger partial charge in [0.1, 0.15) is 0 Å². The summed E-state index contributed by atoms with van der Waals surface area (Å²) in [6, 6.07) is 9.41. The zero-order chi connectivity index (χ0) is 18.8. The average Bonchev–Trinajstić information content (AvgIpc) is 2.60. The van der Waals surface area contributed by atoms with E-state index >= 15 is 0 Å². The number of carbonyl (C=O) groups excluding carboxylic acids is 1. The van der Waals surface area contributed by atoms with Crippen molar-refractivity contribution in [3.8, 4) is 0 Å². The second-order valence-corrected chi connectivity index (χ2v) is 8.42. The van der Waals surface area contributed by atoms with Crippen molar-refractivity contribution >= 4 is 63.1 Å². The van der Waals surface area contributed by atoms with Crippen LogP contribution < -0.4 is 10.2 Å². The van der Waals surface area contributed by atoms with Gasteiger partial charge in [-0.05, 0) is 72.5 Å². The SMILES string of the molecule is Cc1cc(N2CCN(C)CC2)ccc1NC(=O)c1cc(Cl)cc(Cl)c1I. The predicted molar refractivity (Wildman–Crippen MR) is 118 cm³/mol. The van der Waals surface area contributed by atoms with E-state index in [0.717, 1.165) is 37.4 Å². The Morgan fingerprint density at radius 2 is 1.81 bits per heavy atom. The maximum atomic E-state index is 12.7. The lowest BCUT2D eigenvalue weighted by molar-refractivity contribution is 0.102. The molecule has 138 valence electrons. The van der Waals surface area contributed by atoms with Crippen LogP contribution in [0.1, 0.15) is 15.9 Å². The highest BCUT2D eigenvalue weighted by Crippen LogP contribution is 2.29. The van der Waals surface area contributed by atoms with Crippen LogP contribution in [0, 0.1) is 10.5 Å². The minimum atomic E-state index is -0.214. The summed E-state index contributed by atoms with van der Waals surface area (Å²) >= 11 is 14.2. The van der Waals surface area contributed by atoms with Crippen LogP contribution in [-0.2, 0) is 0 Å². The number of carbonyl (C=O) groups is 1. The van der Waals surface area contributed by atoms with E-state index in [0.29, 0.717) is 19.2 Å². The molecule has 2 aromatic rings. The Labute approximate surface area is 177 Å². The van der Waals surface area contributed by atoms with Crippen LogP contribution in [0.15, 0.2) is 30.3 Å². The molecule has 0 radical (unpaired) electrons. The molecule has 1 heterocycles. The summed E-state index contributed by atoms with van der Waals surface area (Å²) in [4.78, 5) is 17.4. The van der Waals surface area contributed by atoms with Crippen molar-refractivity contribution in [3.05, 3.63) is 55.1 Å². The first-order valence-electron chi connectivity index (χ1n) is 8.35. The molecule has 4 nitrogen and oxygen atoms in total. The quantitative estimate of drug-likeness (QED) is 0.477. The number of halogens is 3. The molecule has 7 heteroatoms. The van der Waals surface area contributed by atoms with Crippen LogP contribution in [0.3, 0.4) is 0 Å². The largest absolute Gasteiger partial charge is 0.369 e. The molecule has 2 aromatic carbocycles. The predicted octanol–water partition coefficient (Wildman–Crippen LogP) is 4.91. The van der Waals surface area contributed by atoms with Gasteiger partial charge in [-0.15, -0.1) is 0 Å². The molecule has 1 amide bonds. The summed E-state index contributed by atoms with van der Waals surface area (Å²) in [5.41, 5.74) is 3.48. The minimum absolute atomic E-state index is 0.214. The van der Waals surface area contributed by atoms with Crippen molar-refractivity contribution < 1.29 is 4.79 Å². The Hall–Kier alpha value is -1.02. The number of piperazine rings is 1. The van der Waals surface area contributed by atoms with Gasteiger partial charge in [-0.25, -0.2) is 0 Å². The van der Waals surface area contributed by atoms with Gasteiger partial charge < -0.3 is 15.1 Å². The van der Waals surface area contributed by atoms with Crippen LogP contribution in [0.2, 0.25) is 10.0 Å². The van der Waals surface area contributed by atoms with Gasteiger partial charge in [-0.2, -0.15) is 0 Å². The Morgan fingerprint density at radius 1 is 1.12 bits per heavy atom. The molecular formula is C19H20Cl2IN3O. The third kappa shape index (κ3) is 4.44. The van der Waals surface area contributed by atoms with Gasteiger partial charge in [0.05, 0.1) is 10.6 Å². The Bertz CT molecular complexity index is 836. The van der Waals surface area contributed by atoms with Crippen LogP contribution in [-0.4, -0.2) is 44.0 Å². The van der Waals surface area contributed by atoms with E-state index in [9.17, 15) is 4.79 Å². The first-order valence-corrected chi connectivity index (χ1v) is 10.2. The summed E-state index contributed by atoms with van der Waals surface area (Å²) in [7, 11) is 2.14. The summed E-state index contributed by atoms with van der Waals surface area (Å²) < 4.78 is 0.692. The molecule has 1 fully saturated rings. The van der Waals surface area contributed by atoms with Crippen LogP contribution in [0.5, 0.6) is 0 Å². The van der Waals surface area contributed by atoms with E-state index in [2.05, 4.69) is 56.9 Å². The van der Waals surface area contributed by atoms with Gasteiger partial charge in [-0.3, -0.25) is 4.79 Å². The number of hydrogen-bond donors (Lipinski definition) is 1. The fraction of sp³-hybridized carbons (Fsp3) is 0.316. The fourth-order valence-corrected chi connectivity index (χ4v) is 4.01. The molecule has 0 unspecified atom stereocenters. The number of rotatable bonds is 3. The van der Waals surface area contributed by atoms with E-state index < -0.39 is 0 Å². The highest BCUT2D eigenvalue weighted by atomic mass is 127. The standard InChI is InChI=1S/C19H20Cl2IN3O/c1-12-9-14(25-7-5-24(2)6-8-25)3-4-17(12)23-19(26)15-10-13(20)11-16(21)18(15)22/h3-4,9-11H,5-8H2,1-2H3,(H,23,26). The molecule has 0 saturated carbocycles. The number of likely N-dealkylation sites (N-methyl/N-ethyl adjacent to an activating group) is 1. The van der Waals surface area contributed by atoms with Crippen molar-refractivity contribution in [2.24, 2.45) is 0 Å². The first-order chi connectivity index (χ1) is 12.3. The average molecular weight is 504 g/mol. The number of hydrogen-bond acceptors (Lipinski definition) is 3. The van der Waals surface area contributed by atoms with Gasteiger partial charge in [-0.1, -0.05) is 23.2 Å².